The van der Waals surface area contributed by atoms with Gasteiger partial charge in [-0.2, -0.15) is 0 Å². The van der Waals surface area contributed by atoms with Crippen LogP contribution in [0.3, 0.4) is 0 Å². The molecule has 0 fully saturated rings. The highest BCUT2D eigenvalue weighted by Crippen LogP contribution is 2.16. The van der Waals surface area contributed by atoms with Gasteiger partial charge in [0, 0.05) is 12.8 Å². The lowest BCUT2D eigenvalue weighted by atomic mass is 10.0. The van der Waals surface area contributed by atoms with Gasteiger partial charge in [-0.25, -0.2) is 0 Å². The Bertz CT molecular complexity index is 362. The van der Waals surface area contributed by atoms with Gasteiger partial charge in [0.25, 0.3) is 0 Å². The summed E-state index contributed by atoms with van der Waals surface area (Å²) in [4.78, 5) is 11.5. The van der Waals surface area contributed by atoms with E-state index in [1.807, 2.05) is 0 Å². The van der Waals surface area contributed by atoms with Gasteiger partial charge < -0.3 is 0 Å². The van der Waals surface area contributed by atoms with Gasteiger partial charge in [0.15, 0.2) is 0 Å². The lowest BCUT2D eigenvalue weighted by molar-refractivity contribution is -0.119. The molecule has 0 radical (unpaired) electrons. The summed E-state index contributed by atoms with van der Waals surface area (Å²) in [6.45, 7) is 4.40. The minimum absolute atomic E-state index is 0.474. The van der Waals surface area contributed by atoms with Crippen LogP contribution < -0.4 is 0 Å². The summed E-state index contributed by atoms with van der Waals surface area (Å²) >= 11 is 0. The first-order valence-corrected chi connectivity index (χ1v) is 15.8. The van der Waals surface area contributed by atoms with Crippen LogP contribution in [0.5, 0.6) is 0 Å². The number of carbonyl (C=O) groups excluding carboxylic acids is 1. The first-order valence-electron chi connectivity index (χ1n) is 15.8. The highest BCUT2D eigenvalue weighted by molar-refractivity contribution is 5.78. The lowest BCUT2D eigenvalue weighted by Crippen LogP contribution is -1.96. The molecular formula is C32H64O. The summed E-state index contributed by atoms with van der Waals surface area (Å²) in [5.74, 6) is 0.474. The fraction of sp³-hybridized carbons (Fsp3) is 0.969. The van der Waals surface area contributed by atoms with Crippen LogP contribution in [-0.4, -0.2) is 5.78 Å². The number of carbonyl (C=O) groups is 1. The van der Waals surface area contributed by atoms with E-state index in [2.05, 4.69) is 13.8 Å². The van der Waals surface area contributed by atoms with Crippen LogP contribution in [0.25, 0.3) is 0 Å². The van der Waals surface area contributed by atoms with E-state index in [0.29, 0.717) is 5.78 Å². The Morgan fingerprint density at radius 2 is 0.545 bits per heavy atom. The van der Waals surface area contributed by atoms with E-state index >= 15 is 0 Å². The number of Topliss-reactive ketones (excluding diaryl/α,β-unsaturated/α-hetero) is 1. The summed E-state index contributed by atoms with van der Waals surface area (Å²) in [6.07, 6.45) is 39.8. The van der Waals surface area contributed by atoms with Crippen molar-refractivity contribution >= 4 is 5.78 Å². The molecule has 1 heteroatoms. The van der Waals surface area contributed by atoms with Crippen LogP contribution in [0, 0.1) is 0 Å². The number of hydrogen-bond acceptors (Lipinski definition) is 1. The molecule has 0 aromatic carbocycles. The van der Waals surface area contributed by atoms with E-state index < -0.39 is 0 Å². The topological polar surface area (TPSA) is 17.1 Å². The van der Waals surface area contributed by atoms with Crippen LogP contribution in [0.1, 0.15) is 200 Å². The number of unbranched alkanes of at least 4 members (excludes halogenated alkanes) is 25. The van der Waals surface area contributed by atoms with E-state index in [1.165, 1.54) is 161 Å². The van der Waals surface area contributed by atoms with Crippen molar-refractivity contribution in [3.63, 3.8) is 0 Å². The molecule has 0 heterocycles. The maximum atomic E-state index is 11.5. The van der Waals surface area contributed by atoms with Crippen molar-refractivity contribution < 1.29 is 4.79 Å². The number of rotatable bonds is 29. The van der Waals surface area contributed by atoms with Gasteiger partial charge >= 0.3 is 0 Å². The molecule has 0 aromatic rings. The third-order valence-electron chi connectivity index (χ3n) is 7.34. The monoisotopic (exact) mass is 464 g/mol. The molecule has 0 atom stereocenters. The zero-order chi connectivity index (χ0) is 24.1. The normalized spacial score (nSPS) is 11.3. The van der Waals surface area contributed by atoms with Crippen LogP contribution in [0.2, 0.25) is 0 Å². The summed E-state index contributed by atoms with van der Waals surface area (Å²) in [5, 5.41) is 0. The summed E-state index contributed by atoms with van der Waals surface area (Å²) in [7, 11) is 0. The third kappa shape index (κ3) is 29.6. The Balaban J connectivity index is 3.03. The molecule has 0 unspecified atom stereocenters. The predicted octanol–water partition coefficient (Wildman–Crippen LogP) is 11.9. The maximum Gasteiger partial charge on any atom is 0.132 e. The predicted molar refractivity (Wildman–Crippen MR) is 150 cm³/mol. The summed E-state index contributed by atoms with van der Waals surface area (Å²) in [6, 6.07) is 0. The van der Waals surface area contributed by atoms with Gasteiger partial charge in [0.05, 0.1) is 0 Å². The van der Waals surface area contributed by atoms with E-state index in [0.717, 1.165) is 25.7 Å². The van der Waals surface area contributed by atoms with Crippen molar-refractivity contribution in [2.75, 3.05) is 0 Å². The average Bonchev–Trinajstić information content (AvgIpc) is 2.81. The lowest BCUT2D eigenvalue weighted by Gasteiger charge is -2.04. The van der Waals surface area contributed by atoms with E-state index in [9.17, 15) is 4.79 Å². The smallest absolute Gasteiger partial charge is 0.132 e. The SMILES string of the molecule is CCCCCCCCCCCCCCCCCCCCCCCCCCCCC(=O)CCC. The standard InChI is InChI=1S/C32H64O/c1-3-5-6-7-8-9-10-11-12-13-14-15-16-17-18-19-20-21-22-23-24-25-26-27-28-29-31-32(33)30-4-2/h3-31H2,1-2H3. The zero-order valence-corrected chi connectivity index (χ0v) is 23.4. The molecule has 0 aliphatic heterocycles. The fourth-order valence-electron chi connectivity index (χ4n) is 5.04. The quantitative estimate of drug-likeness (QED) is 0.101. The molecule has 0 aliphatic carbocycles. The Kier molecular flexibility index (Phi) is 29.4. The van der Waals surface area contributed by atoms with Gasteiger partial charge in [-0.1, -0.05) is 174 Å². The summed E-state index contributed by atoms with van der Waals surface area (Å²) < 4.78 is 0. The molecule has 33 heavy (non-hydrogen) atoms. The van der Waals surface area contributed by atoms with E-state index in [4.69, 9.17) is 0 Å². The van der Waals surface area contributed by atoms with Gasteiger partial charge in [-0.15, -0.1) is 0 Å². The molecule has 0 rings (SSSR count). The maximum absolute atomic E-state index is 11.5. The highest BCUT2D eigenvalue weighted by Gasteiger charge is 2.00. The Hall–Kier alpha value is -0.330. The second kappa shape index (κ2) is 29.7. The van der Waals surface area contributed by atoms with Gasteiger partial charge in [0.2, 0.25) is 0 Å². The van der Waals surface area contributed by atoms with Crippen molar-refractivity contribution in [1.29, 1.82) is 0 Å². The molecule has 0 aliphatic rings. The third-order valence-corrected chi connectivity index (χ3v) is 7.34. The molecule has 198 valence electrons. The minimum atomic E-state index is 0.474. The van der Waals surface area contributed by atoms with Crippen molar-refractivity contribution in [3.8, 4) is 0 Å². The first kappa shape index (κ1) is 32.7. The van der Waals surface area contributed by atoms with Crippen molar-refractivity contribution in [2.45, 2.75) is 200 Å². The number of ketones is 1. The molecule has 0 N–H and O–H groups in total. The molecular weight excluding hydrogens is 400 g/mol. The van der Waals surface area contributed by atoms with Crippen LogP contribution in [0.15, 0.2) is 0 Å². The van der Waals surface area contributed by atoms with Crippen LogP contribution in [0.4, 0.5) is 0 Å². The van der Waals surface area contributed by atoms with Crippen LogP contribution in [-0.2, 0) is 4.79 Å². The molecule has 1 nitrogen and oxygen atoms in total. The molecule has 0 saturated heterocycles. The largest absolute Gasteiger partial charge is 0.300 e. The van der Waals surface area contributed by atoms with Crippen LogP contribution >= 0.6 is 0 Å². The van der Waals surface area contributed by atoms with Gasteiger partial charge in [0.1, 0.15) is 5.78 Å². The summed E-state index contributed by atoms with van der Waals surface area (Å²) in [5.41, 5.74) is 0. The molecule has 0 spiro atoms. The first-order chi connectivity index (χ1) is 16.3. The second-order valence-electron chi connectivity index (χ2n) is 10.9. The van der Waals surface area contributed by atoms with Crippen molar-refractivity contribution in [2.24, 2.45) is 0 Å². The highest BCUT2D eigenvalue weighted by atomic mass is 16.1. The van der Waals surface area contributed by atoms with Crippen molar-refractivity contribution in [1.82, 2.24) is 0 Å². The van der Waals surface area contributed by atoms with Gasteiger partial charge in [-0.05, 0) is 12.8 Å². The zero-order valence-electron chi connectivity index (χ0n) is 23.4. The average molecular weight is 465 g/mol. The Labute approximate surface area is 210 Å². The van der Waals surface area contributed by atoms with Crippen molar-refractivity contribution in [3.05, 3.63) is 0 Å². The Morgan fingerprint density at radius 3 is 0.788 bits per heavy atom. The van der Waals surface area contributed by atoms with Gasteiger partial charge in [-0.3, -0.25) is 4.79 Å². The second-order valence-corrected chi connectivity index (χ2v) is 10.9. The Morgan fingerprint density at radius 1 is 0.303 bits per heavy atom. The molecule has 0 saturated carbocycles. The molecule has 0 aromatic heterocycles. The van der Waals surface area contributed by atoms with E-state index in [1.54, 1.807) is 0 Å². The fourth-order valence-corrected chi connectivity index (χ4v) is 5.04. The molecule has 0 amide bonds. The number of hydrogen-bond donors (Lipinski definition) is 0. The molecule has 0 bridgehead atoms. The minimum Gasteiger partial charge on any atom is -0.300 e. The van der Waals surface area contributed by atoms with E-state index in [-0.39, 0.29) is 0 Å².